The van der Waals surface area contributed by atoms with Crippen molar-refractivity contribution >= 4 is 34.0 Å². The maximum atomic E-state index is 13.5. The average Bonchev–Trinajstić information content (AvgIpc) is 3.46. The van der Waals surface area contributed by atoms with Gasteiger partial charge in [-0.2, -0.15) is 0 Å². The number of nitrogens with one attached hydrogen (secondary N) is 1. The van der Waals surface area contributed by atoms with Crippen LogP contribution in [-0.4, -0.2) is 48.6 Å². The quantitative estimate of drug-likeness (QED) is 0.598. The molecule has 3 heterocycles. The van der Waals surface area contributed by atoms with E-state index in [1.54, 1.807) is 6.07 Å². The molecular weight excluding hydrogens is 425 g/mol. The van der Waals surface area contributed by atoms with Gasteiger partial charge in [-0.3, -0.25) is 0 Å². The molecule has 2 saturated heterocycles. The highest BCUT2D eigenvalue weighted by atomic mass is 35.5. The van der Waals surface area contributed by atoms with Crippen LogP contribution in [0.4, 0.5) is 15.9 Å². The third kappa shape index (κ3) is 4.51. The van der Waals surface area contributed by atoms with Crippen molar-refractivity contribution in [3.63, 3.8) is 0 Å². The number of rotatable bonds is 6. The maximum Gasteiger partial charge on any atom is 0.163 e. The second-order valence-electron chi connectivity index (χ2n) is 7.50. The Morgan fingerprint density at radius 3 is 2.32 bits per heavy atom. The van der Waals surface area contributed by atoms with E-state index in [-0.39, 0.29) is 17.2 Å². The van der Waals surface area contributed by atoms with Crippen LogP contribution in [0.5, 0.6) is 11.5 Å². The Labute approximate surface area is 183 Å². The van der Waals surface area contributed by atoms with Gasteiger partial charge in [0.25, 0.3) is 0 Å². The van der Waals surface area contributed by atoms with Gasteiger partial charge in [0, 0.05) is 30.0 Å². The van der Waals surface area contributed by atoms with Gasteiger partial charge in [0.1, 0.15) is 30.2 Å². The van der Waals surface area contributed by atoms with E-state index in [0.29, 0.717) is 54.9 Å². The normalized spacial score (nSPS) is 20.8. The summed E-state index contributed by atoms with van der Waals surface area (Å²) in [6, 6.07) is 8.13. The van der Waals surface area contributed by atoms with Crippen molar-refractivity contribution in [2.45, 2.75) is 25.0 Å². The van der Waals surface area contributed by atoms with Crippen LogP contribution in [0, 0.1) is 5.82 Å². The molecule has 0 amide bonds. The maximum absolute atomic E-state index is 13.5. The summed E-state index contributed by atoms with van der Waals surface area (Å²) in [5, 5.41) is 3.96. The van der Waals surface area contributed by atoms with E-state index in [2.05, 4.69) is 15.3 Å². The predicted octanol–water partition coefficient (Wildman–Crippen LogP) is 4.50. The van der Waals surface area contributed by atoms with Crippen molar-refractivity contribution in [3.05, 3.63) is 47.5 Å². The molecule has 1 aromatic heterocycles. The molecule has 5 rings (SSSR count). The molecule has 2 atom stereocenters. The number of ether oxygens (including phenoxy) is 4. The van der Waals surface area contributed by atoms with E-state index >= 15 is 0 Å². The van der Waals surface area contributed by atoms with Crippen LogP contribution in [-0.2, 0) is 9.47 Å². The van der Waals surface area contributed by atoms with Gasteiger partial charge in [0.05, 0.1) is 37.0 Å². The van der Waals surface area contributed by atoms with E-state index in [1.165, 1.54) is 18.5 Å². The molecule has 9 heteroatoms. The highest BCUT2D eigenvalue weighted by Gasteiger charge is 2.24. The first-order valence-electron chi connectivity index (χ1n) is 10.2. The average molecular weight is 446 g/mol. The Morgan fingerprint density at radius 2 is 1.68 bits per heavy atom. The molecule has 0 bridgehead atoms. The minimum absolute atomic E-state index is 0.0274. The molecule has 2 fully saturated rings. The summed E-state index contributed by atoms with van der Waals surface area (Å²) in [5.41, 5.74) is 1.30. The molecule has 7 nitrogen and oxygen atoms in total. The molecule has 1 N–H and O–H groups in total. The van der Waals surface area contributed by atoms with Crippen LogP contribution >= 0.6 is 11.6 Å². The minimum Gasteiger partial charge on any atom is -0.484 e. The molecule has 162 valence electrons. The number of hydrogen-bond donors (Lipinski definition) is 1. The fourth-order valence-corrected chi connectivity index (χ4v) is 3.81. The van der Waals surface area contributed by atoms with Crippen molar-refractivity contribution in [2.24, 2.45) is 0 Å². The fourth-order valence-electron chi connectivity index (χ4n) is 3.63. The van der Waals surface area contributed by atoms with E-state index < -0.39 is 5.82 Å². The number of anilines is 2. The number of benzene rings is 2. The van der Waals surface area contributed by atoms with Crippen molar-refractivity contribution in [2.75, 3.05) is 31.7 Å². The Kier molecular flexibility index (Phi) is 5.76. The summed E-state index contributed by atoms with van der Waals surface area (Å²) in [4.78, 5) is 8.75. The van der Waals surface area contributed by atoms with Gasteiger partial charge in [-0.05, 0) is 24.3 Å². The molecule has 0 radical (unpaired) electrons. The second-order valence-corrected chi connectivity index (χ2v) is 7.91. The molecular formula is C22H21ClFN3O4. The van der Waals surface area contributed by atoms with Gasteiger partial charge in [-0.25, -0.2) is 14.4 Å². The van der Waals surface area contributed by atoms with Crippen molar-refractivity contribution in [3.8, 4) is 11.5 Å². The Bertz CT molecular complexity index is 1090. The van der Waals surface area contributed by atoms with Crippen LogP contribution < -0.4 is 14.8 Å². The van der Waals surface area contributed by atoms with Crippen LogP contribution in [0.15, 0.2) is 36.7 Å². The summed E-state index contributed by atoms with van der Waals surface area (Å²) in [5.74, 6) is 1.29. The summed E-state index contributed by atoms with van der Waals surface area (Å²) < 4.78 is 36.8. The number of fused-ring (bicyclic) bond motifs is 1. The lowest BCUT2D eigenvalue weighted by Crippen LogP contribution is -2.19. The van der Waals surface area contributed by atoms with Crippen LogP contribution in [0.25, 0.3) is 10.9 Å². The van der Waals surface area contributed by atoms with E-state index in [1.807, 2.05) is 12.1 Å². The van der Waals surface area contributed by atoms with Gasteiger partial charge in [-0.15, -0.1) is 0 Å². The molecule has 2 aliphatic heterocycles. The van der Waals surface area contributed by atoms with E-state index in [9.17, 15) is 4.39 Å². The Balaban J connectivity index is 1.51. The number of halogens is 2. The largest absolute Gasteiger partial charge is 0.484 e. The van der Waals surface area contributed by atoms with E-state index in [4.69, 9.17) is 30.5 Å². The van der Waals surface area contributed by atoms with Crippen molar-refractivity contribution in [1.82, 2.24) is 9.97 Å². The van der Waals surface area contributed by atoms with Gasteiger partial charge >= 0.3 is 0 Å². The van der Waals surface area contributed by atoms with Crippen LogP contribution in [0.3, 0.4) is 0 Å². The van der Waals surface area contributed by atoms with E-state index in [0.717, 1.165) is 18.2 Å². The molecule has 2 aromatic carbocycles. The molecule has 0 spiro atoms. The highest BCUT2D eigenvalue weighted by molar-refractivity contribution is 6.31. The van der Waals surface area contributed by atoms with Gasteiger partial charge in [-0.1, -0.05) is 11.6 Å². The van der Waals surface area contributed by atoms with Crippen LogP contribution in [0.2, 0.25) is 5.02 Å². The van der Waals surface area contributed by atoms with Gasteiger partial charge in [0.15, 0.2) is 11.5 Å². The SMILES string of the molecule is Fc1ccc(Nc2ncnc3cc(O[C@@H]4CCOC4)c(OC4CCOC4)cc23)cc1Cl. The molecule has 1 unspecified atom stereocenters. The fraction of sp³-hybridized carbons (Fsp3) is 0.364. The van der Waals surface area contributed by atoms with Gasteiger partial charge in [0.2, 0.25) is 0 Å². The summed E-state index contributed by atoms with van der Waals surface area (Å²) in [6.07, 6.45) is 3.03. The first kappa shape index (κ1) is 20.2. The van der Waals surface area contributed by atoms with Crippen molar-refractivity contribution in [1.29, 1.82) is 0 Å². The second kappa shape index (κ2) is 8.82. The molecule has 2 aliphatic rings. The topological polar surface area (TPSA) is 74.7 Å². The lowest BCUT2D eigenvalue weighted by Gasteiger charge is -2.20. The zero-order valence-corrected chi connectivity index (χ0v) is 17.4. The molecule has 3 aromatic rings. The molecule has 0 aliphatic carbocycles. The molecule has 0 saturated carbocycles. The number of hydrogen-bond acceptors (Lipinski definition) is 7. The lowest BCUT2D eigenvalue weighted by atomic mass is 10.2. The monoisotopic (exact) mass is 445 g/mol. The summed E-state index contributed by atoms with van der Waals surface area (Å²) in [7, 11) is 0. The summed E-state index contributed by atoms with van der Waals surface area (Å²) >= 11 is 5.91. The zero-order valence-electron chi connectivity index (χ0n) is 16.6. The predicted molar refractivity (Wildman–Crippen MR) is 114 cm³/mol. The number of nitrogens with zero attached hydrogens (tertiary/aromatic N) is 2. The first-order valence-corrected chi connectivity index (χ1v) is 10.5. The first-order chi connectivity index (χ1) is 15.2. The smallest absolute Gasteiger partial charge is 0.163 e. The highest BCUT2D eigenvalue weighted by Crippen LogP contribution is 2.37. The summed E-state index contributed by atoms with van der Waals surface area (Å²) in [6.45, 7) is 2.44. The third-order valence-electron chi connectivity index (χ3n) is 5.25. The zero-order chi connectivity index (χ0) is 21.2. The molecule has 31 heavy (non-hydrogen) atoms. The Morgan fingerprint density at radius 1 is 0.968 bits per heavy atom. The minimum atomic E-state index is -0.480. The van der Waals surface area contributed by atoms with Crippen LogP contribution in [0.1, 0.15) is 12.8 Å². The lowest BCUT2D eigenvalue weighted by molar-refractivity contribution is 0.123. The van der Waals surface area contributed by atoms with Crippen molar-refractivity contribution < 1.29 is 23.3 Å². The number of aromatic nitrogens is 2. The third-order valence-corrected chi connectivity index (χ3v) is 5.54. The van der Waals surface area contributed by atoms with Gasteiger partial charge < -0.3 is 24.3 Å². The standard InChI is InChI=1S/C22H21ClFN3O4/c23-17-7-13(1-2-18(17)24)27-22-16-8-20(30-14-3-5-28-10-14)21(9-19(16)25-12-26-22)31-15-4-6-29-11-15/h1-2,7-9,12,14-15H,3-6,10-11H2,(H,25,26,27)/t14?,15-/m1/s1. The Hall–Kier alpha value is -2.68.